The van der Waals surface area contributed by atoms with Gasteiger partial charge in [-0.25, -0.2) is 18.6 Å². The number of nitrogens with one attached hydrogen (secondary N) is 2. The number of benzene rings is 1. The summed E-state index contributed by atoms with van der Waals surface area (Å²) in [6.45, 7) is 0. The van der Waals surface area contributed by atoms with E-state index in [1.54, 1.807) is 6.07 Å². The van der Waals surface area contributed by atoms with Crippen LogP contribution >= 0.6 is 0 Å². The van der Waals surface area contributed by atoms with Gasteiger partial charge in [-0.05, 0) is 42.5 Å². The van der Waals surface area contributed by atoms with Crippen molar-refractivity contribution in [2.75, 3.05) is 7.11 Å². The highest BCUT2D eigenvalue weighted by molar-refractivity contribution is 7.89. The highest BCUT2D eigenvalue weighted by Crippen LogP contribution is 2.24. The second-order valence-corrected chi connectivity index (χ2v) is 5.69. The van der Waals surface area contributed by atoms with Crippen LogP contribution in [0.3, 0.4) is 0 Å². The van der Waals surface area contributed by atoms with Crippen molar-refractivity contribution in [2.24, 2.45) is 0 Å². The van der Waals surface area contributed by atoms with E-state index >= 15 is 0 Å². The van der Waals surface area contributed by atoms with Crippen molar-refractivity contribution in [1.82, 2.24) is 10.3 Å². The molecule has 0 heterocycles. The molecule has 0 fully saturated rings. The first-order valence-electron chi connectivity index (χ1n) is 5.50. The second kappa shape index (κ2) is 4.95. The number of rotatable bonds is 3. The molecule has 0 saturated carbocycles. The fourth-order valence-corrected chi connectivity index (χ4v) is 2.81. The zero-order valence-corrected chi connectivity index (χ0v) is 10.7. The van der Waals surface area contributed by atoms with Crippen LogP contribution in [0.25, 0.3) is 0 Å². The Morgan fingerprint density at radius 3 is 2.72 bits per heavy atom. The first kappa shape index (κ1) is 12.8. The fourth-order valence-electron chi connectivity index (χ4n) is 1.93. The quantitative estimate of drug-likeness (QED) is 0.793. The molecule has 6 nitrogen and oxygen atoms in total. The third-order valence-corrected chi connectivity index (χ3v) is 4.10. The summed E-state index contributed by atoms with van der Waals surface area (Å²) in [5.41, 5.74) is 4.18. The molecule has 1 aromatic carbocycles. The van der Waals surface area contributed by atoms with E-state index in [-0.39, 0.29) is 4.90 Å². The third-order valence-electron chi connectivity index (χ3n) is 2.85. The molecule has 1 amide bonds. The van der Waals surface area contributed by atoms with Crippen molar-refractivity contribution in [2.45, 2.75) is 24.2 Å². The summed E-state index contributed by atoms with van der Waals surface area (Å²) in [6, 6.07) is 4.99. The van der Waals surface area contributed by atoms with Crippen molar-refractivity contribution >= 4 is 16.1 Å². The first-order chi connectivity index (χ1) is 8.53. The van der Waals surface area contributed by atoms with Crippen LogP contribution in [0, 0.1) is 0 Å². The predicted molar refractivity (Wildman–Crippen MR) is 64.3 cm³/mol. The molecule has 18 heavy (non-hydrogen) atoms. The Morgan fingerprint density at radius 1 is 1.28 bits per heavy atom. The number of methoxy groups -OCH3 is 1. The van der Waals surface area contributed by atoms with E-state index in [1.165, 1.54) is 11.6 Å². The SMILES string of the molecule is COC(=O)NNS(=O)(=O)c1ccc2c(c1)CCC2. The topological polar surface area (TPSA) is 84.5 Å². The number of sulfonamides is 1. The largest absolute Gasteiger partial charge is 0.452 e. The standard InChI is InChI=1S/C11H14N2O4S/c1-17-11(14)12-13-18(15,16)10-6-5-8-3-2-4-9(8)7-10/h5-7,13H,2-4H2,1H3,(H,12,14). The lowest BCUT2D eigenvalue weighted by Crippen LogP contribution is -2.41. The predicted octanol–water partition coefficient (Wildman–Crippen LogP) is 0.725. The van der Waals surface area contributed by atoms with Crippen LogP contribution in [0.2, 0.25) is 0 Å². The molecular formula is C11H14N2O4S. The zero-order chi connectivity index (χ0) is 13.2. The van der Waals surface area contributed by atoms with Crippen LogP contribution in [-0.2, 0) is 27.6 Å². The molecule has 1 aliphatic carbocycles. The van der Waals surface area contributed by atoms with E-state index in [2.05, 4.69) is 4.74 Å². The van der Waals surface area contributed by atoms with E-state index in [0.29, 0.717) is 0 Å². The number of ether oxygens (including phenoxy) is 1. The average Bonchev–Trinajstić information content (AvgIpc) is 2.83. The van der Waals surface area contributed by atoms with E-state index in [1.807, 2.05) is 16.3 Å². The van der Waals surface area contributed by atoms with Gasteiger partial charge in [-0.3, -0.25) is 0 Å². The number of hydrazine groups is 1. The molecule has 2 rings (SSSR count). The Labute approximate surface area is 105 Å². The Balaban J connectivity index is 2.17. The van der Waals surface area contributed by atoms with Gasteiger partial charge in [0, 0.05) is 0 Å². The minimum Gasteiger partial charge on any atom is -0.452 e. The fraction of sp³-hybridized carbons (Fsp3) is 0.364. The van der Waals surface area contributed by atoms with Crippen LogP contribution in [0.5, 0.6) is 0 Å². The van der Waals surface area contributed by atoms with E-state index in [4.69, 9.17) is 0 Å². The first-order valence-corrected chi connectivity index (χ1v) is 6.99. The zero-order valence-electron chi connectivity index (χ0n) is 9.89. The lowest BCUT2D eigenvalue weighted by molar-refractivity contribution is 0.169. The van der Waals surface area contributed by atoms with Gasteiger partial charge in [0.15, 0.2) is 0 Å². The van der Waals surface area contributed by atoms with E-state index in [9.17, 15) is 13.2 Å². The van der Waals surface area contributed by atoms with Crippen LogP contribution in [0.4, 0.5) is 4.79 Å². The van der Waals surface area contributed by atoms with Gasteiger partial charge in [-0.2, -0.15) is 0 Å². The number of aryl methyl sites for hydroxylation is 2. The number of fused-ring (bicyclic) bond motifs is 1. The van der Waals surface area contributed by atoms with Gasteiger partial charge in [0.2, 0.25) is 0 Å². The van der Waals surface area contributed by atoms with Gasteiger partial charge < -0.3 is 4.74 Å². The van der Waals surface area contributed by atoms with Crippen molar-refractivity contribution in [3.8, 4) is 0 Å². The van der Waals surface area contributed by atoms with E-state index < -0.39 is 16.1 Å². The highest BCUT2D eigenvalue weighted by atomic mass is 32.2. The van der Waals surface area contributed by atoms with Gasteiger partial charge in [0.25, 0.3) is 10.0 Å². The molecule has 0 saturated heterocycles. The Kier molecular flexibility index (Phi) is 3.53. The Bertz CT molecular complexity index is 568. The molecule has 0 aliphatic heterocycles. The van der Waals surface area contributed by atoms with Crippen LogP contribution in [-0.4, -0.2) is 21.6 Å². The maximum absolute atomic E-state index is 11.9. The number of carbonyl (C=O) groups is 1. The summed E-state index contributed by atoms with van der Waals surface area (Å²) in [6.07, 6.45) is 2.07. The monoisotopic (exact) mass is 270 g/mol. The van der Waals surface area contributed by atoms with Gasteiger partial charge in [0.1, 0.15) is 0 Å². The van der Waals surface area contributed by atoms with Crippen LogP contribution in [0.1, 0.15) is 17.5 Å². The molecule has 0 spiro atoms. The van der Waals surface area contributed by atoms with Crippen LogP contribution in [0.15, 0.2) is 23.1 Å². The molecule has 98 valence electrons. The molecule has 2 N–H and O–H groups in total. The summed E-state index contributed by atoms with van der Waals surface area (Å²) >= 11 is 0. The van der Waals surface area contributed by atoms with Crippen molar-refractivity contribution < 1.29 is 17.9 Å². The number of amides is 1. The highest BCUT2D eigenvalue weighted by Gasteiger charge is 2.18. The number of hydrogen-bond donors (Lipinski definition) is 2. The molecule has 7 heteroatoms. The summed E-state index contributed by atoms with van der Waals surface area (Å²) in [4.78, 5) is 12.9. The minimum atomic E-state index is -3.75. The van der Waals surface area contributed by atoms with E-state index in [0.717, 1.165) is 31.9 Å². The summed E-state index contributed by atoms with van der Waals surface area (Å²) in [7, 11) is -2.60. The Morgan fingerprint density at radius 2 is 2.00 bits per heavy atom. The molecule has 0 atom stereocenters. The van der Waals surface area contributed by atoms with Gasteiger partial charge in [-0.1, -0.05) is 6.07 Å². The summed E-state index contributed by atoms with van der Waals surface area (Å²) < 4.78 is 28.0. The second-order valence-electron chi connectivity index (χ2n) is 4.01. The molecule has 0 radical (unpaired) electrons. The Hall–Kier alpha value is -1.60. The average molecular weight is 270 g/mol. The molecular weight excluding hydrogens is 256 g/mol. The number of hydrogen-bond acceptors (Lipinski definition) is 4. The lowest BCUT2D eigenvalue weighted by atomic mass is 10.1. The molecule has 0 bridgehead atoms. The minimum absolute atomic E-state index is 0.138. The molecule has 1 aliphatic rings. The molecule has 0 unspecified atom stereocenters. The normalized spacial score (nSPS) is 14.1. The summed E-state index contributed by atoms with van der Waals surface area (Å²) in [5.74, 6) is 0. The van der Waals surface area contributed by atoms with Crippen molar-refractivity contribution in [1.29, 1.82) is 0 Å². The van der Waals surface area contributed by atoms with Crippen molar-refractivity contribution in [3.63, 3.8) is 0 Å². The molecule has 0 aromatic heterocycles. The molecule has 1 aromatic rings. The smallest absolute Gasteiger partial charge is 0.422 e. The number of carbonyl (C=O) groups excluding carboxylic acids is 1. The lowest BCUT2D eigenvalue weighted by Gasteiger charge is -2.08. The third kappa shape index (κ3) is 2.62. The van der Waals surface area contributed by atoms with Gasteiger partial charge in [-0.15, -0.1) is 4.83 Å². The van der Waals surface area contributed by atoms with Crippen molar-refractivity contribution in [3.05, 3.63) is 29.3 Å². The van der Waals surface area contributed by atoms with Crippen LogP contribution < -0.4 is 10.3 Å². The van der Waals surface area contributed by atoms with Gasteiger partial charge >= 0.3 is 6.09 Å². The summed E-state index contributed by atoms with van der Waals surface area (Å²) in [5, 5.41) is 0. The van der Waals surface area contributed by atoms with Gasteiger partial charge in [0.05, 0.1) is 12.0 Å². The maximum atomic E-state index is 11.9. The maximum Gasteiger partial charge on any atom is 0.422 e.